The zero-order chi connectivity index (χ0) is 10.8. The van der Waals surface area contributed by atoms with E-state index in [4.69, 9.17) is 14.2 Å². The van der Waals surface area contributed by atoms with Crippen LogP contribution in [0.3, 0.4) is 0 Å². The summed E-state index contributed by atoms with van der Waals surface area (Å²) in [7, 11) is 1.67. The quantitative estimate of drug-likeness (QED) is 0.747. The third-order valence-electron chi connectivity index (χ3n) is 2.58. The van der Waals surface area contributed by atoms with Crippen molar-refractivity contribution in [3.8, 4) is 11.5 Å². The molecule has 0 N–H and O–H groups in total. The largest absolute Gasteiger partial charge is 0.493 e. The molecule has 0 unspecified atom stereocenters. The van der Waals surface area contributed by atoms with E-state index in [2.05, 4.69) is 19.9 Å². The van der Waals surface area contributed by atoms with Crippen molar-refractivity contribution in [3.63, 3.8) is 0 Å². The third kappa shape index (κ3) is 1.92. The Bertz CT molecular complexity index is 341. The average molecular weight is 208 g/mol. The maximum Gasteiger partial charge on any atom is 0.189 e. The summed E-state index contributed by atoms with van der Waals surface area (Å²) in [4.78, 5) is 0. The zero-order valence-corrected chi connectivity index (χ0v) is 9.37. The molecule has 1 aromatic carbocycles. The van der Waals surface area contributed by atoms with E-state index in [1.807, 2.05) is 6.07 Å². The van der Waals surface area contributed by atoms with Gasteiger partial charge in [0.25, 0.3) is 0 Å². The Morgan fingerprint density at radius 1 is 1.33 bits per heavy atom. The molecule has 0 fully saturated rings. The minimum atomic E-state index is 0.310. The van der Waals surface area contributed by atoms with Crippen molar-refractivity contribution in [2.75, 3.05) is 13.9 Å². The first-order valence-corrected chi connectivity index (χ1v) is 5.13. The van der Waals surface area contributed by atoms with E-state index in [0.29, 0.717) is 19.3 Å². The van der Waals surface area contributed by atoms with Gasteiger partial charge in [0.05, 0.1) is 13.7 Å². The summed E-state index contributed by atoms with van der Waals surface area (Å²) in [5.41, 5.74) is 2.32. The number of benzene rings is 1. The van der Waals surface area contributed by atoms with E-state index in [1.54, 1.807) is 7.11 Å². The molecule has 0 amide bonds. The molecule has 1 aliphatic heterocycles. The first kappa shape index (κ1) is 10.3. The molecule has 0 aliphatic carbocycles. The highest BCUT2D eigenvalue weighted by Crippen LogP contribution is 2.37. The van der Waals surface area contributed by atoms with Crippen LogP contribution in [0.4, 0.5) is 0 Å². The van der Waals surface area contributed by atoms with Crippen LogP contribution < -0.4 is 9.47 Å². The Morgan fingerprint density at radius 2 is 2.13 bits per heavy atom. The maximum absolute atomic E-state index is 5.43. The molecule has 3 heteroatoms. The fraction of sp³-hybridized carbons (Fsp3) is 0.500. The summed E-state index contributed by atoms with van der Waals surface area (Å²) in [5.74, 6) is 2.11. The van der Waals surface area contributed by atoms with Crippen LogP contribution in [-0.4, -0.2) is 13.9 Å². The predicted molar refractivity (Wildman–Crippen MR) is 57.4 cm³/mol. The topological polar surface area (TPSA) is 27.7 Å². The van der Waals surface area contributed by atoms with Crippen LogP contribution in [0.1, 0.15) is 30.9 Å². The molecular formula is C12H16O3. The molecule has 15 heavy (non-hydrogen) atoms. The molecule has 0 bridgehead atoms. The number of hydrogen-bond acceptors (Lipinski definition) is 3. The second kappa shape index (κ2) is 4.11. The highest BCUT2D eigenvalue weighted by molar-refractivity contribution is 5.50. The second-order valence-electron chi connectivity index (χ2n) is 3.98. The van der Waals surface area contributed by atoms with Gasteiger partial charge in [0.15, 0.2) is 18.3 Å². The minimum Gasteiger partial charge on any atom is -0.493 e. The standard InChI is InChI=1S/C12H16O3/c1-8(2)9-4-10-6-14-7-15-12(10)11(5-9)13-3/h4-5,8H,6-7H2,1-3H3. The van der Waals surface area contributed by atoms with Gasteiger partial charge in [-0.2, -0.15) is 0 Å². The van der Waals surface area contributed by atoms with Gasteiger partial charge >= 0.3 is 0 Å². The molecule has 2 rings (SSSR count). The summed E-state index contributed by atoms with van der Waals surface area (Å²) >= 11 is 0. The lowest BCUT2D eigenvalue weighted by Gasteiger charge is -2.21. The van der Waals surface area contributed by atoms with E-state index < -0.39 is 0 Å². The van der Waals surface area contributed by atoms with Crippen molar-refractivity contribution < 1.29 is 14.2 Å². The van der Waals surface area contributed by atoms with Gasteiger partial charge in [0, 0.05) is 5.56 Å². The van der Waals surface area contributed by atoms with Gasteiger partial charge in [0.1, 0.15) is 0 Å². The van der Waals surface area contributed by atoms with E-state index >= 15 is 0 Å². The summed E-state index contributed by atoms with van der Waals surface area (Å²) in [6.45, 7) is 5.23. The molecular weight excluding hydrogens is 192 g/mol. The third-order valence-corrected chi connectivity index (χ3v) is 2.58. The zero-order valence-electron chi connectivity index (χ0n) is 9.37. The monoisotopic (exact) mass is 208 g/mol. The lowest BCUT2D eigenvalue weighted by molar-refractivity contribution is -0.0180. The van der Waals surface area contributed by atoms with Gasteiger partial charge in [-0.15, -0.1) is 0 Å². The first-order chi connectivity index (χ1) is 7.22. The Morgan fingerprint density at radius 3 is 2.80 bits per heavy atom. The lowest BCUT2D eigenvalue weighted by atomic mass is 9.99. The smallest absolute Gasteiger partial charge is 0.189 e. The number of fused-ring (bicyclic) bond motifs is 1. The van der Waals surface area contributed by atoms with Crippen molar-refractivity contribution in [1.82, 2.24) is 0 Å². The Kier molecular flexibility index (Phi) is 2.82. The van der Waals surface area contributed by atoms with Gasteiger partial charge in [-0.05, 0) is 23.6 Å². The van der Waals surface area contributed by atoms with E-state index in [0.717, 1.165) is 17.1 Å². The molecule has 0 saturated carbocycles. The Balaban J connectivity index is 2.48. The van der Waals surface area contributed by atoms with Crippen molar-refractivity contribution in [2.45, 2.75) is 26.4 Å². The van der Waals surface area contributed by atoms with Crippen LogP contribution in [0.2, 0.25) is 0 Å². The molecule has 0 spiro atoms. The van der Waals surface area contributed by atoms with Crippen LogP contribution in [0, 0.1) is 0 Å². The SMILES string of the molecule is COc1cc(C(C)C)cc2c1OCOC2. The fourth-order valence-electron chi connectivity index (χ4n) is 1.69. The summed E-state index contributed by atoms with van der Waals surface area (Å²) in [6.07, 6.45) is 0. The Labute approximate surface area is 90.0 Å². The van der Waals surface area contributed by atoms with E-state index in [-0.39, 0.29) is 0 Å². The van der Waals surface area contributed by atoms with Crippen LogP contribution in [0.5, 0.6) is 11.5 Å². The van der Waals surface area contributed by atoms with Crippen LogP contribution in [-0.2, 0) is 11.3 Å². The van der Waals surface area contributed by atoms with Crippen LogP contribution in [0.25, 0.3) is 0 Å². The van der Waals surface area contributed by atoms with E-state index in [1.165, 1.54) is 5.56 Å². The Hall–Kier alpha value is -1.22. The van der Waals surface area contributed by atoms with Gasteiger partial charge in [0.2, 0.25) is 0 Å². The van der Waals surface area contributed by atoms with Gasteiger partial charge in [-0.25, -0.2) is 0 Å². The molecule has 0 atom stereocenters. The predicted octanol–water partition coefficient (Wildman–Crippen LogP) is 2.69. The highest BCUT2D eigenvalue weighted by Gasteiger charge is 2.17. The van der Waals surface area contributed by atoms with Gasteiger partial charge < -0.3 is 14.2 Å². The molecule has 0 radical (unpaired) electrons. The number of ether oxygens (including phenoxy) is 3. The summed E-state index contributed by atoms with van der Waals surface area (Å²) in [6, 6.07) is 4.16. The van der Waals surface area contributed by atoms with Crippen LogP contribution >= 0.6 is 0 Å². The summed E-state index contributed by atoms with van der Waals surface area (Å²) in [5, 5.41) is 0. The van der Waals surface area contributed by atoms with Crippen molar-refractivity contribution in [1.29, 1.82) is 0 Å². The molecule has 1 aromatic rings. The van der Waals surface area contributed by atoms with Gasteiger partial charge in [-0.1, -0.05) is 13.8 Å². The molecule has 0 saturated heterocycles. The van der Waals surface area contributed by atoms with E-state index in [9.17, 15) is 0 Å². The molecule has 82 valence electrons. The van der Waals surface area contributed by atoms with Gasteiger partial charge in [-0.3, -0.25) is 0 Å². The number of methoxy groups -OCH3 is 1. The first-order valence-electron chi connectivity index (χ1n) is 5.13. The molecule has 1 aliphatic rings. The fourth-order valence-corrected chi connectivity index (χ4v) is 1.69. The maximum atomic E-state index is 5.43. The molecule has 1 heterocycles. The molecule has 3 nitrogen and oxygen atoms in total. The second-order valence-corrected chi connectivity index (χ2v) is 3.98. The number of hydrogen-bond donors (Lipinski definition) is 0. The number of rotatable bonds is 2. The molecule has 0 aromatic heterocycles. The normalized spacial score (nSPS) is 14.7. The lowest BCUT2D eigenvalue weighted by Crippen LogP contribution is -2.12. The minimum absolute atomic E-state index is 0.310. The van der Waals surface area contributed by atoms with Crippen molar-refractivity contribution in [2.24, 2.45) is 0 Å². The van der Waals surface area contributed by atoms with Crippen molar-refractivity contribution >= 4 is 0 Å². The van der Waals surface area contributed by atoms with Crippen molar-refractivity contribution in [3.05, 3.63) is 23.3 Å². The average Bonchev–Trinajstić information content (AvgIpc) is 2.27. The van der Waals surface area contributed by atoms with Crippen LogP contribution in [0.15, 0.2) is 12.1 Å². The summed E-state index contributed by atoms with van der Waals surface area (Å²) < 4.78 is 16.0. The highest BCUT2D eigenvalue weighted by atomic mass is 16.7.